The first-order chi connectivity index (χ1) is 14.0. The van der Waals surface area contributed by atoms with E-state index in [9.17, 15) is 10.2 Å². The molecule has 0 fully saturated rings. The zero-order valence-electron chi connectivity index (χ0n) is 19.6. The van der Waals surface area contributed by atoms with Crippen LogP contribution in [0.25, 0.3) is 11.1 Å². The van der Waals surface area contributed by atoms with Gasteiger partial charge in [0.1, 0.15) is 0 Å². The SMILES string of the molecule is CC(C)(C)c1cc2c(c(-c3c([O-])c(C(C)(C)C)cc4c3CCCC4)c1[O-])CCCC2. The van der Waals surface area contributed by atoms with Crippen molar-refractivity contribution in [3.63, 3.8) is 0 Å². The van der Waals surface area contributed by atoms with Crippen LogP contribution in [-0.2, 0) is 36.5 Å². The van der Waals surface area contributed by atoms with Gasteiger partial charge in [-0.25, -0.2) is 0 Å². The van der Waals surface area contributed by atoms with Crippen LogP contribution >= 0.6 is 0 Å². The smallest absolute Gasteiger partial charge is 0.0138 e. The predicted octanol–water partition coefficient (Wildman–Crippen LogP) is 5.85. The average molecular weight is 405 g/mol. The first-order valence-electron chi connectivity index (χ1n) is 11.7. The molecule has 2 nitrogen and oxygen atoms in total. The minimum absolute atomic E-state index is 0.0964. The average Bonchev–Trinajstić information content (AvgIpc) is 2.66. The molecule has 4 rings (SSSR count). The van der Waals surface area contributed by atoms with Crippen LogP contribution in [0.4, 0.5) is 0 Å². The van der Waals surface area contributed by atoms with Gasteiger partial charge in [0, 0.05) is 0 Å². The third-order valence-electron chi connectivity index (χ3n) is 7.07. The summed E-state index contributed by atoms with van der Waals surface area (Å²) in [6, 6.07) is 4.32. The Morgan fingerprint density at radius 3 is 1.23 bits per heavy atom. The summed E-state index contributed by atoms with van der Waals surface area (Å²) in [5.41, 5.74) is 7.69. The van der Waals surface area contributed by atoms with Crippen LogP contribution in [0.1, 0.15) is 101 Å². The number of rotatable bonds is 1. The van der Waals surface area contributed by atoms with Crippen LogP contribution in [0.2, 0.25) is 0 Å². The Morgan fingerprint density at radius 1 is 0.567 bits per heavy atom. The highest BCUT2D eigenvalue weighted by molar-refractivity contribution is 5.85. The zero-order chi connectivity index (χ0) is 21.8. The molecule has 0 radical (unpaired) electrons. The maximum absolute atomic E-state index is 13.9. The Balaban J connectivity index is 2.13. The molecule has 2 aliphatic carbocycles. The molecule has 0 saturated heterocycles. The second-order valence-corrected chi connectivity index (χ2v) is 11.4. The van der Waals surface area contributed by atoms with Crippen molar-refractivity contribution in [2.45, 2.75) is 104 Å². The van der Waals surface area contributed by atoms with E-state index in [-0.39, 0.29) is 22.3 Å². The fourth-order valence-electron chi connectivity index (χ4n) is 5.41. The highest BCUT2D eigenvalue weighted by atomic mass is 16.3. The van der Waals surface area contributed by atoms with E-state index in [2.05, 4.69) is 53.7 Å². The number of aryl methyl sites for hydroxylation is 2. The molecule has 0 amide bonds. The molecule has 0 aromatic heterocycles. The summed E-state index contributed by atoms with van der Waals surface area (Å²) in [5, 5.41) is 27.9. The van der Waals surface area contributed by atoms with Gasteiger partial charge in [0.05, 0.1) is 0 Å². The van der Waals surface area contributed by atoms with Crippen LogP contribution in [0.3, 0.4) is 0 Å². The topological polar surface area (TPSA) is 46.1 Å². The molecule has 2 aromatic rings. The molecule has 0 atom stereocenters. The second-order valence-electron chi connectivity index (χ2n) is 11.4. The Kier molecular flexibility index (Phi) is 5.19. The lowest BCUT2D eigenvalue weighted by Gasteiger charge is -2.38. The summed E-state index contributed by atoms with van der Waals surface area (Å²) in [4.78, 5) is 0. The van der Waals surface area contributed by atoms with Gasteiger partial charge in [0.25, 0.3) is 0 Å². The van der Waals surface area contributed by atoms with Crippen molar-refractivity contribution in [3.05, 3.63) is 45.5 Å². The standard InChI is InChI=1S/C28H38O2/c1-27(2,3)21-15-17-11-7-9-13-19(17)23(25(21)29)24-20-14-10-8-12-18(20)16-22(26(24)30)28(4,5)6/h15-16,29-30H,7-14H2,1-6H3/p-2. The van der Waals surface area contributed by atoms with E-state index in [0.29, 0.717) is 0 Å². The van der Waals surface area contributed by atoms with Crippen molar-refractivity contribution in [1.29, 1.82) is 0 Å². The molecule has 0 N–H and O–H groups in total. The van der Waals surface area contributed by atoms with Crippen molar-refractivity contribution in [1.82, 2.24) is 0 Å². The number of hydrogen-bond donors (Lipinski definition) is 0. The molecule has 2 aliphatic rings. The van der Waals surface area contributed by atoms with Crippen LogP contribution in [0, 0.1) is 0 Å². The van der Waals surface area contributed by atoms with Crippen molar-refractivity contribution < 1.29 is 10.2 Å². The van der Waals surface area contributed by atoms with Gasteiger partial charge < -0.3 is 10.2 Å². The first-order valence-corrected chi connectivity index (χ1v) is 11.7. The minimum Gasteiger partial charge on any atom is -0.872 e. The van der Waals surface area contributed by atoms with Crippen LogP contribution < -0.4 is 10.2 Å². The van der Waals surface area contributed by atoms with Gasteiger partial charge in [0.15, 0.2) is 0 Å². The highest BCUT2D eigenvalue weighted by Gasteiger charge is 2.28. The van der Waals surface area contributed by atoms with Gasteiger partial charge in [0.2, 0.25) is 0 Å². The summed E-state index contributed by atoms with van der Waals surface area (Å²) in [5.74, 6) is 0.193. The fraction of sp³-hybridized carbons (Fsp3) is 0.571. The van der Waals surface area contributed by atoms with Crippen molar-refractivity contribution in [3.8, 4) is 22.6 Å². The van der Waals surface area contributed by atoms with Gasteiger partial charge in [-0.05, 0) is 107 Å². The number of hydrogen-bond acceptors (Lipinski definition) is 2. The van der Waals surface area contributed by atoms with E-state index in [0.717, 1.165) is 71.9 Å². The molecule has 0 saturated carbocycles. The summed E-state index contributed by atoms with van der Waals surface area (Å²) in [6.45, 7) is 12.7. The Labute approximate surface area is 182 Å². The second kappa shape index (κ2) is 7.32. The minimum atomic E-state index is -0.233. The predicted molar refractivity (Wildman–Crippen MR) is 121 cm³/mol. The van der Waals surface area contributed by atoms with Crippen LogP contribution in [0.15, 0.2) is 12.1 Å². The quantitative estimate of drug-likeness (QED) is 0.598. The van der Waals surface area contributed by atoms with Gasteiger partial charge in [-0.15, -0.1) is 0 Å². The first kappa shape index (κ1) is 21.3. The third-order valence-corrected chi connectivity index (χ3v) is 7.07. The third kappa shape index (κ3) is 3.53. The molecular weight excluding hydrogens is 368 g/mol. The van der Waals surface area contributed by atoms with Crippen LogP contribution in [-0.4, -0.2) is 0 Å². The fourth-order valence-corrected chi connectivity index (χ4v) is 5.41. The number of benzene rings is 2. The lowest BCUT2D eigenvalue weighted by molar-refractivity contribution is -0.272. The molecule has 0 heterocycles. The highest BCUT2D eigenvalue weighted by Crippen LogP contribution is 2.50. The summed E-state index contributed by atoms with van der Waals surface area (Å²) in [6.07, 6.45) is 8.39. The lowest BCUT2D eigenvalue weighted by Crippen LogP contribution is -2.22. The Bertz CT molecular complexity index is 902. The molecule has 0 spiro atoms. The molecule has 30 heavy (non-hydrogen) atoms. The maximum Gasteiger partial charge on any atom is -0.0138 e. The van der Waals surface area contributed by atoms with E-state index >= 15 is 0 Å². The summed E-state index contributed by atoms with van der Waals surface area (Å²) < 4.78 is 0. The maximum atomic E-state index is 13.9. The lowest BCUT2D eigenvalue weighted by atomic mass is 9.73. The van der Waals surface area contributed by atoms with Gasteiger partial charge >= 0.3 is 0 Å². The van der Waals surface area contributed by atoms with Crippen LogP contribution in [0.5, 0.6) is 11.5 Å². The van der Waals surface area contributed by atoms with E-state index in [1.807, 2.05) is 0 Å². The zero-order valence-corrected chi connectivity index (χ0v) is 19.6. The van der Waals surface area contributed by atoms with Gasteiger partial charge in [-0.2, -0.15) is 0 Å². The van der Waals surface area contributed by atoms with Crippen molar-refractivity contribution in [2.24, 2.45) is 0 Å². The molecule has 2 aromatic carbocycles. The van der Waals surface area contributed by atoms with E-state index in [1.165, 1.54) is 24.0 Å². The van der Waals surface area contributed by atoms with Crippen molar-refractivity contribution >= 4 is 0 Å². The molecule has 162 valence electrons. The number of fused-ring (bicyclic) bond motifs is 2. The summed E-state index contributed by atoms with van der Waals surface area (Å²) >= 11 is 0. The van der Waals surface area contributed by atoms with Gasteiger partial charge in [-0.3, -0.25) is 0 Å². The Hall–Kier alpha value is -1.96. The molecular formula is C28H36O2-2. The normalized spacial score (nSPS) is 16.9. The van der Waals surface area contributed by atoms with E-state index in [4.69, 9.17) is 0 Å². The van der Waals surface area contributed by atoms with Crippen molar-refractivity contribution in [2.75, 3.05) is 0 Å². The van der Waals surface area contributed by atoms with E-state index < -0.39 is 0 Å². The largest absolute Gasteiger partial charge is 0.872 e. The van der Waals surface area contributed by atoms with E-state index in [1.54, 1.807) is 0 Å². The summed E-state index contributed by atoms with van der Waals surface area (Å²) in [7, 11) is 0. The molecule has 0 unspecified atom stereocenters. The van der Waals surface area contributed by atoms with Gasteiger partial charge in [-0.1, -0.05) is 65.2 Å². The molecule has 0 bridgehead atoms. The molecule has 0 aliphatic heterocycles. The monoisotopic (exact) mass is 404 g/mol. The Morgan fingerprint density at radius 2 is 0.900 bits per heavy atom. The molecule has 2 heteroatoms.